The minimum Gasteiger partial charge on any atom is -0.598 e. The molecule has 0 saturated carbocycles. The van der Waals surface area contributed by atoms with Crippen molar-refractivity contribution in [1.29, 1.82) is 0 Å². The van der Waals surface area contributed by atoms with Crippen molar-refractivity contribution in [2.24, 2.45) is 0 Å². The summed E-state index contributed by atoms with van der Waals surface area (Å²) < 4.78 is 21.8. The Morgan fingerprint density at radius 1 is 1.11 bits per heavy atom. The molecular weight excluding hydrogens is 472 g/mol. The summed E-state index contributed by atoms with van der Waals surface area (Å²) >= 11 is -1.30. The van der Waals surface area contributed by atoms with E-state index < -0.39 is 16.1 Å². The molecule has 3 atom stereocenters. The Morgan fingerprint density at radius 2 is 1.89 bits per heavy atom. The zero-order chi connectivity index (χ0) is 25.3. The number of β-amino-alcohol motifs (C(OH)–C–C–N with tert-alkyl or cyclic N) is 1. The molecular formula is C28H32N4O3S. The highest BCUT2D eigenvalue weighted by Crippen LogP contribution is 2.35. The van der Waals surface area contributed by atoms with Crippen LogP contribution in [0.1, 0.15) is 44.5 Å². The molecule has 1 fully saturated rings. The van der Waals surface area contributed by atoms with E-state index in [1.165, 1.54) is 0 Å². The molecule has 3 heterocycles. The second kappa shape index (κ2) is 10.2. The lowest BCUT2D eigenvalue weighted by Crippen LogP contribution is -2.42. The van der Waals surface area contributed by atoms with Gasteiger partial charge in [-0.25, -0.2) is 4.98 Å². The number of rotatable bonds is 7. The van der Waals surface area contributed by atoms with Crippen LogP contribution in [0.25, 0.3) is 22.2 Å². The van der Waals surface area contributed by atoms with E-state index in [2.05, 4.69) is 20.8 Å². The first-order chi connectivity index (χ1) is 17.3. The van der Waals surface area contributed by atoms with Crippen LogP contribution in [-0.2, 0) is 17.8 Å². The average molecular weight is 505 g/mol. The van der Waals surface area contributed by atoms with Gasteiger partial charge in [0.05, 0.1) is 12.1 Å². The summed E-state index contributed by atoms with van der Waals surface area (Å²) in [6.07, 6.45) is 0.974. The van der Waals surface area contributed by atoms with E-state index >= 15 is 0 Å². The van der Waals surface area contributed by atoms with Crippen molar-refractivity contribution in [3.05, 3.63) is 78.0 Å². The van der Waals surface area contributed by atoms with Gasteiger partial charge in [0, 0.05) is 47.5 Å². The quantitative estimate of drug-likeness (QED) is 0.349. The van der Waals surface area contributed by atoms with E-state index in [4.69, 9.17) is 9.51 Å². The number of para-hydroxylation sites is 1. The van der Waals surface area contributed by atoms with Gasteiger partial charge in [0.2, 0.25) is 0 Å². The van der Waals surface area contributed by atoms with Gasteiger partial charge in [0.15, 0.2) is 5.58 Å². The molecule has 188 valence electrons. The molecule has 0 unspecified atom stereocenters. The van der Waals surface area contributed by atoms with Crippen molar-refractivity contribution in [3.63, 3.8) is 0 Å². The first-order valence-electron chi connectivity index (χ1n) is 12.3. The molecule has 5 rings (SSSR count). The predicted molar refractivity (Wildman–Crippen MR) is 144 cm³/mol. The van der Waals surface area contributed by atoms with Crippen LogP contribution in [0.5, 0.6) is 0 Å². The van der Waals surface area contributed by atoms with Gasteiger partial charge in [-0.1, -0.05) is 47.6 Å². The number of fused-ring (bicyclic) bond motifs is 1. The highest BCUT2D eigenvalue weighted by atomic mass is 32.2. The number of hydrogen-bond acceptors (Lipinski definition) is 7. The largest absolute Gasteiger partial charge is 0.598 e. The number of anilines is 1. The third kappa shape index (κ3) is 5.27. The molecule has 0 radical (unpaired) electrons. The maximum atomic E-state index is 13.3. The molecule has 2 aromatic carbocycles. The van der Waals surface area contributed by atoms with Crippen LogP contribution < -0.4 is 9.62 Å². The van der Waals surface area contributed by atoms with E-state index in [9.17, 15) is 9.66 Å². The fourth-order valence-corrected chi connectivity index (χ4v) is 5.36. The molecule has 2 aromatic heterocycles. The Bertz CT molecular complexity index is 1340. The Morgan fingerprint density at radius 3 is 2.67 bits per heavy atom. The number of hydrogen-bond donors (Lipinski definition) is 2. The van der Waals surface area contributed by atoms with Gasteiger partial charge in [0.1, 0.15) is 16.3 Å². The van der Waals surface area contributed by atoms with Crippen molar-refractivity contribution in [3.8, 4) is 11.3 Å². The van der Waals surface area contributed by atoms with Crippen LogP contribution in [-0.4, -0.2) is 43.7 Å². The minimum atomic E-state index is -1.30. The summed E-state index contributed by atoms with van der Waals surface area (Å²) in [6, 6.07) is 21.6. The van der Waals surface area contributed by atoms with Crippen molar-refractivity contribution in [1.82, 2.24) is 14.9 Å². The summed E-state index contributed by atoms with van der Waals surface area (Å²) in [5.41, 5.74) is 4.30. The smallest absolute Gasteiger partial charge is 0.167 e. The standard InChI is InChI=1S/C28H32N4O3S/c1-28(2,3)36(34)31-24(17-19-9-8-14-26(29-19)32-16-15-20(33)18-32)21-10-4-5-11-22(21)27-23-12-6-7-13-25(23)35-30-27/h4-14,20,24,31,33H,15-18H2,1-3H3/t20-,24+,36+/m1/s1. The highest BCUT2D eigenvalue weighted by Gasteiger charge is 2.32. The van der Waals surface area contributed by atoms with E-state index in [0.29, 0.717) is 13.0 Å². The summed E-state index contributed by atoms with van der Waals surface area (Å²) in [4.78, 5) is 7.02. The third-order valence-corrected chi connectivity index (χ3v) is 8.08. The van der Waals surface area contributed by atoms with Gasteiger partial charge in [0.25, 0.3) is 0 Å². The van der Waals surface area contributed by atoms with E-state index in [0.717, 1.165) is 52.3 Å². The first-order valence-corrected chi connectivity index (χ1v) is 13.5. The SMILES string of the molecule is CC(C)(C)[S@+]([O-])N[C@@H](Cc1cccc(N2CC[C@@H](O)C2)n1)c1ccccc1-c1noc2ccccc12. The molecule has 0 bridgehead atoms. The zero-order valence-electron chi connectivity index (χ0n) is 20.8. The molecule has 36 heavy (non-hydrogen) atoms. The van der Waals surface area contributed by atoms with E-state index in [1.807, 2.05) is 81.4 Å². The predicted octanol–water partition coefficient (Wildman–Crippen LogP) is 4.80. The number of aliphatic hydroxyl groups excluding tert-OH is 1. The van der Waals surface area contributed by atoms with Crippen LogP contribution >= 0.6 is 0 Å². The Labute approximate surface area is 214 Å². The summed E-state index contributed by atoms with van der Waals surface area (Å²) in [5.74, 6) is 0.857. The summed E-state index contributed by atoms with van der Waals surface area (Å²) in [6.45, 7) is 7.26. The Hall–Kier alpha value is -2.91. The lowest BCUT2D eigenvalue weighted by Gasteiger charge is -2.29. The maximum Gasteiger partial charge on any atom is 0.167 e. The van der Waals surface area contributed by atoms with Crippen molar-refractivity contribution in [2.75, 3.05) is 18.0 Å². The van der Waals surface area contributed by atoms with Gasteiger partial charge in [-0.15, -0.1) is 4.72 Å². The van der Waals surface area contributed by atoms with Gasteiger partial charge in [-0.2, -0.15) is 0 Å². The monoisotopic (exact) mass is 504 g/mol. The fourth-order valence-electron chi connectivity index (χ4n) is 4.53. The lowest BCUT2D eigenvalue weighted by molar-refractivity contribution is 0.198. The molecule has 0 amide bonds. The van der Waals surface area contributed by atoms with E-state index in [1.54, 1.807) is 0 Å². The number of nitrogens with zero attached hydrogens (tertiary/aromatic N) is 3. The summed E-state index contributed by atoms with van der Waals surface area (Å²) in [7, 11) is 0. The van der Waals surface area contributed by atoms with Gasteiger partial charge in [-0.3, -0.25) is 0 Å². The summed E-state index contributed by atoms with van der Waals surface area (Å²) in [5, 5.41) is 15.3. The fraction of sp³-hybridized carbons (Fsp3) is 0.357. The first kappa shape index (κ1) is 24.8. The molecule has 7 nitrogen and oxygen atoms in total. The molecule has 1 aliphatic heterocycles. The highest BCUT2D eigenvalue weighted by molar-refractivity contribution is 7.90. The number of pyridine rings is 1. The topological polar surface area (TPSA) is 97.5 Å². The van der Waals surface area contributed by atoms with Gasteiger partial charge < -0.3 is 19.1 Å². The van der Waals surface area contributed by atoms with E-state index in [-0.39, 0.29) is 12.1 Å². The number of nitrogens with one attached hydrogen (secondary N) is 1. The molecule has 1 saturated heterocycles. The molecule has 0 aliphatic carbocycles. The number of aromatic nitrogens is 2. The van der Waals surface area contributed by atoms with Crippen LogP contribution in [0.2, 0.25) is 0 Å². The average Bonchev–Trinajstić information content (AvgIpc) is 3.49. The van der Waals surface area contributed by atoms with Crippen LogP contribution in [0.15, 0.2) is 71.3 Å². The van der Waals surface area contributed by atoms with Crippen molar-refractivity contribution in [2.45, 2.75) is 50.5 Å². The molecule has 1 aliphatic rings. The Balaban J connectivity index is 1.53. The van der Waals surface area contributed by atoms with Crippen LogP contribution in [0.4, 0.5) is 5.82 Å². The molecule has 8 heteroatoms. The second-order valence-corrected chi connectivity index (χ2v) is 12.2. The van der Waals surface area contributed by atoms with Gasteiger partial charge >= 0.3 is 0 Å². The number of aliphatic hydroxyl groups is 1. The van der Waals surface area contributed by atoms with Crippen LogP contribution in [0, 0.1) is 0 Å². The lowest BCUT2D eigenvalue weighted by atomic mass is 9.94. The Kier molecular flexibility index (Phi) is 7.03. The third-order valence-electron chi connectivity index (χ3n) is 6.47. The van der Waals surface area contributed by atoms with Crippen LogP contribution in [0.3, 0.4) is 0 Å². The normalized spacial score (nSPS) is 18.0. The second-order valence-electron chi connectivity index (χ2n) is 10.2. The molecule has 2 N–H and O–H groups in total. The molecule has 4 aromatic rings. The molecule has 0 spiro atoms. The van der Waals surface area contributed by atoms with Crippen molar-refractivity contribution < 1.29 is 14.2 Å². The zero-order valence-corrected chi connectivity index (χ0v) is 21.7. The maximum absolute atomic E-state index is 13.3. The number of benzene rings is 2. The van der Waals surface area contributed by atoms with Gasteiger partial charge in [-0.05, 0) is 57.0 Å². The minimum absolute atomic E-state index is 0.274. The van der Waals surface area contributed by atoms with Crippen molar-refractivity contribution >= 4 is 28.1 Å².